The molecule has 0 aromatic heterocycles. The molecule has 1 fully saturated rings. The Morgan fingerprint density at radius 2 is 2.18 bits per heavy atom. The van der Waals surface area contributed by atoms with E-state index in [1.165, 1.54) is 6.07 Å². The summed E-state index contributed by atoms with van der Waals surface area (Å²) in [6, 6.07) is 6.31. The molecule has 1 aromatic carbocycles. The van der Waals surface area contributed by atoms with E-state index in [1.807, 2.05) is 0 Å². The first-order valence-electron chi connectivity index (χ1n) is 5.32. The Morgan fingerprint density at radius 3 is 2.65 bits per heavy atom. The van der Waals surface area contributed by atoms with Gasteiger partial charge in [0.2, 0.25) is 0 Å². The summed E-state index contributed by atoms with van der Waals surface area (Å²) in [6.07, 6.45) is 0. The number of carbonyl (C=O) groups is 1. The maximum atomic E-state index is 13.5. The third kappa shape index (κ3) is 2.10. The van der Waals surface area contributed by atoms with Gasteiger partial charge in [0.05, 0.1) is 18.9 Å². The number of rotatable bonds is 4. The second-order valence-corrected chi connectivity index (χ2v) is 4.39. The van der Waals surface area contributed by atoms with Gasteiger partial charge in [-0.15, -0.1) is 0 Å². The molecule has 0 aliphatic carbocycles. The van der Waals surface area contributed by atoms with Crippen molar-refractivity contribution in [1.29, 1.82) is 0 Å². The molecular formula is C12H14FNO3. The molecule has 0 radical (unpaired) electrons. The van der Waals surface area contributed by atoms with Gasteiger partial charge in [0.1, 0.15) is 11.2 Å². The summed E-state index contributed by atoms with van der Waals surface area (Å²) in [5, 5.41) is 9.15. The fraction of sp³-hybridized carbons (Fsp3) is 0.417. The Balaban J connectivity index is 2.14. The second-order valence-electron chi connectivity index (χ2n) is 4.39. The summed E-state index contributed by atoms with van der Waals surface area (Å²) in [4.78, 5) is 12.8. The minimum Gasteiger partial charge on any atom is -0.481 e. The number of carboxylic acids is 1. The zero-order valence-electron chi connectivity index (χ0n) is 9.52. The third-order valence-electron chi connectivity index (χ3n) is 3.01. The van der Waals surface area contributed by atoms with Crippen molar-refractivity contribution in [2.24, 2.45) is 5.41 Å². The molecule has 2 rings (SSSR count). The van der Waals surface area contributed by atoms with Gasteiger partial charge in [-0.2, -0.15) is 0 Å². The molecule has 0 amide bonds. The van der Waals surface area contributed by atoms with Crippen LogP contribution >= 0.6 is 0 Å². The van der Waals surface area contributed by atoms with E-state index in [9.17, 15) is 9.18 Å². The van der Waals surface area contributed by atoms with Crippen molar-refractivity contribution < 1.29 is 19.0 Å². The highest BCUT2D eigenvalue weighted by Gasteiger charge is 2.47. The predicted molar refractivity (Wildman–Crippen MR) is 60.6 cm³/mol. The molecule has 1 saturated heterocycles. The van der Waals surface area contributed by atoms with E-state index in [2.05, 4.69) is 0 Å². The molecule has 1 aliphatic heterocycles. The molecule has 1 aromatic rings. The van der Waals surface area contributed by atoms with E-state index in [0.717, 1.165) is 0 Å². The number of halogens is 1. The van der Waals surface area contributed by atoms with Crippen LogP contribution in [0.25, 0.3) is 0 Å². The van der Waals surface area contributed by atoms with Gasteiger partial charge in [0, 0.05) is 13.6 Å². The first kappa shape index (κ1) is 11.9. The Morgan fingerprint density at radius 1 is 1.53 bits per heavy atom. The highest BCUT2D eigenvalue weighted by molar-refractivity contribution is 5.77. The first-order valence-corrected chi connectivity index (χ1v) is 5.32. The molecule has 5 heteroatoms. The van der Waals surface area contributed by atoms with Crippen LogP contribution in [0.2, 0.25) is 0 Å². The van der Waals surface area contributed by atoms with Crippen molar-refractivity contribution in [3.05, 3.63) is 30.1 Å². The number of benzene rings is 1. The number of para-hydroxylation sites is 1. The lowest BCUT2D eigenvalue weighted by molar-refractivity contribution is -0.177. The van der Waals surface area contributed by atoms with E-state index < -0.39 is 11.4 Å². The molecular weight excluding hydrogens is 225 g/mol. The first-order chi connectivity index (χ1) is 8.05. The fourth-order valence-electron chi connectivity index (χ4n) is 1.93. The summed E-state index contributed by atoms with van der Waals surface area (Å²) < 4.78 is 18.5. The molecule has 0 bridgehead atoms. The SMILES string of the molecule is CN(CC1(C(=O)O)COC1)c1ccccc1F. The molecule has 1 heterocycles. The lowest BCUT2D eigenvalue weighted by atomic mass is 9.85. The van der Waals surface area contributed by atoms with Crippen LogP contribution in [0.15, 0.2) is 24.3 Å². The molecule has 1 N–H and O–H groups in total. The molecule has 92 valence electrons. The van der Waals surface area contributed by atoms with Crippen LogP contribution in [0.5, 0.6) is 0 Å². The van der Waals surface area contributed by atoms with Gasteiger partial charge in [-0.05, 0) is 12.1 Å². The van der Waals surface area contributed by atoms with Gasteiger partial charge in [-0.25, -0.2) is 4.39 Å². The lowest BCUT2D eigenvalue weighted by Crippen LogP contribution is -2.55. The van der Waals surface area contributed by atoms with Crippen molar-refractivity contribution in [2.45, 2.75) is 0 Å². The summed E-state index contributed by atoms with van der Waals surface area (Å²) in [5.74, 6) is -1.25. The van der Waals surface area contributed by atoms with Gasteiger partial charge in [0.25, 0.3) is 0 Å². The Bertz CT molecular complexity index is 432. The normalized spacial score (nSPS) is 17.3. The van der Waals surface area contributed by atoms with Crippen molar-refractivity contribution in [3.63, 3.8) is 0 Å². The van der Waals surface area contributed by atoms with Crippen LogP contribution in [0.4, 0.5) is 10.1 Å². The van der Waals surface area contributed by atoms with Gasteiger partial charge in [0.15, 0.2) is 0 Å². The van der Waals surface area contributed by atoms with Crippen LogP contribution in [-0.4, -0.2) is 37.9 Å². The maximum Gasteiger partial charge on any atom is 0.316 e. The molecule has 1 aliphatic rings. The zero-order chi connectivity index (χ0) is 12.5. The molecule has 17 heavy (non-hydrogen) atoms. The standard InChI is InChI=1S/C12H14FNO3/c1-14(10-5-3-2-4-9(10)13)6-12(11(15)16)7-17-8-12/h2-5H,6-8H2,1H3,(H,15,16). The lowest BCUT2D eigenvalue weighted by Gasteiger charge is -2.40. The number of ether oxygens (including phenoxy) is 1. The maximum absolute atomic E-state index is 13.5. The van der Waals surface area contributed by atoms with Gasteiger partial charge < -0.3 is 14.7 Å². The Labute approximate surface area is 98.6 Å². The monoisotopic (exact) mass is 239 g/mol. The fourth-order valence-corrected chi connectivity index (χ4v) is 1.93. The second kappa shape index (κ2) is 4.33. The van der Waals surface area contributed by atoms with Crippen molar-refractivity contribution >= 4 is 11.7 Å². The Hall–Kier alpha value is -1.62. The van der Waals surface area contributed by atoms with Crippen LogP contribution in [0.1, 0.15) is 0 Å². The average Bonchev–Trinajstić information content (AvgIpc) is 2.23. The van der Waals surface area contributed by atoms with Gasteiger partial charge >= 0.3 is 5.97 Å². The number of carboxylic acid groups (broad SMARTS) is 1. The van der Waals surface area contributed by atoms with Gasteiger partial charge in [-0.3, -0.25) is 4.79 Å². The smallest absolute Gasteiger partial charge is 0.316 e. The van der Waals surface area contributed by atoms with Crippen LogP contribution in [0.3, 0.4) is 0 Å². The van der Waals surface area contributed by atoms with E-state index in [-0.39, 0.29) is 25.6 Å². The average molecular weight is 239 g/mol. The molecule has 0 spiro atoms. The molecule has 0 saturated carbocycles. The zero-order valence-corrected chi connectivity index (χ0v) is 9.52. The largest absolute Gasteiger partial charge is 0.481 e. The predicted octanol–water partition coefficient (Wildman–Crippen LogP) is 1.36. The summed E-state index contributed by atoms with van der Waals surface area (Å²) >= 11 is 0. The number of nitrogens with zero attached hydrogens (tertiary/aromatic N) is 1. The summed E-state index contributed by atoms with van der Waals surface area (Å²) in [7, 11) is 1.68. The molecule has 0 atom stereocenters. The van der Waals surface area contributed by atoms with E-state index >= 15 is 0 Å². The highest BCUT2D eigenvalue weighted by Crippen LogP contribution is 2.30. The number of aliphatic carboxylic acids is 1. The van der Waals surface area contributed by atoms with E-state index in [1.54, 1.807) is 30.1 Å². The minimum atomic E-state index is -0.906. The van der Waals surface area contributed by atoms with Crippen LogP contribution < -0.4 is 4.90 Å². The van der Waals surface area contributed by atoms with Crippen LogP contribution in [-0.2, 0) is 9.53 Å². The van der Waals surface area contributed by atoms with Gasteiger partial charge in [-0.1, -0.05) is 12.1 Å². The van der Waals surface area contributed by atoms with E-state index in [4.69, 9.17) is 9.84 Å². The molecule has 4 nitrogen and oxygen atoms in total. The van der Waals surface area contributed by atoms with Crippen molar-refractivity contribution in [3.8, 4) is 0 Å². The summed E-state index contributed by atoms with van der Waals surface area (Å²) in [6.45, 7) is 0.603. The highest BCUT2D eigenvalue weighted by atomic mass is 19.1. The van der Waals surface area contributed by atoms with Crippen molar-refractivity contribution in [2.75, 3.05) is 31.7 Å². The Kier molecular flexibility index (Phi) is 3.02. The number of hydrogen-bond acceptors (Lipinski definition) is 3. The van der Waals surface area contributed by atoms with Crippen LogP contribution in [0, 0.1) is 11.2 Å². The topological polar surface area (TPSA) is 49.8 Å². The number of anilines is 1. The van der Waals surface area contributed by atoms with E-state index in [0.29, 0.717) is 5.69 Å². The minimum absolute atomic E-state index is 0.182. The number of hydrogen-bond donors (Lipinski definition) is 1. The van der Waals surface area contributed by atoms with Crippen molar-refractivity contribution in [1.82, 2.24) is 0 Å². The quantitative estimate of drug-likeness (QED) is 0.862. The third-order valence-corrected chi connectivity index (χ3v) is 3.01. The summed E-state index contributed by atoms with van der Waals surface area (Å²) in [5.41, 5.74) is -0.503. The molecule has 0 unspecified atom stereocenters.